The van der Waals surface area contributed by atoms with Crippen molar-refractivity contribution < 1.29 is 22.3 Å². The number of rotatable bonds is 6. The SMILES string of the molecule is CS(=O)(=O)c1cc(F)ccc1N(Cc1ccc2c3c(c(N)nc2c1)COC3)C(=O)c1cnc(C2CC2)nc1. The van der Waals surface area contributed by atoms with Crippen molar-refractivity contribution in [2.24, 2.45) is 0 Å². The number of hydrogen-bond donors (Lipinski definition) is 1. The number of fused-ring (bicyclic) bond motifs is 3. The predicted octanol–water partition coefficient (Wildman–Crippen LogP) is 3.90. The molecule has 11 heteroatoms. The van der Waals surface area contributed by atoms with Crippen LogP contribution in [-0.4, -0.2) is 35.5 Å². The third kappa shape index (κ3) is 4.48. The lowest BCUT2D eigenvalue weighted by molar-refractivity contribution is 0.0983. The molecule has 1 aliphatic heterocycles. The van der Waals surface area contributed by atoms with E-state index in [0.29, 0.717) is 41.9 Å². The average Bonchev–Trinajstić information content (AvgIpc) is 3.62. The van der Waals surface area contributed by atoms with E-state index in [9.17, 15) is 17.6 Å². The van der Waals surface area contributed by atoms with Crippen molar-refractivity contribution in [3.05, 3.63) is 82.7 Å². The van der Waals surface area contributed by atoms with Gasteiger partial charge in [-0.25, -0.2) is 27.8 Å². The molecule has 2 N–H and O–H groups in total. The molecule has 0 atom stereocenters. The van der Waals surface area contributed by atoms with E-state index in [2.05, 4.69) is 15.0 Å². The first-order chi connectivity index (χ1) is 18.2. The molecule has 1 saturated carbocycles. The summed E-state index contributed by atoms with van der Waals surface area (Å²) in [6.45, 7) is 0.837. The van der Waals surface area contributed by atoms with Gasteiger partial charge in [-0.2, -0.15) is 0 Å². The van der Waals surface area contributed by atoms with Gasteiger partial charge in [-0.3, -0.25) is 4.79 Å². The van der Waals surface area contributed by atoms with Gasteiger partial charge in [-0.15, -0.1) is 0 Å². The number of ether oxygens (including phenoxy) is 1. The lowest BCUT2D eigenvalue weighted by atomic mass is 10.0. The Morgan fingerprint density at radius 2 is 1.84 bits per heavy atom. The van der Waals surface area contributed by atoms with Gasteiger partial charge in [-0.05, 0) is 48.2 Å². The minimum Gasteiger partial charge on any atom is -0.383 e. The van der Waals surface area contributed by atoms with Crippen LogP contribution >= 0.6 is 0 Å². The molecule has 1 amide bonds. The van der Waals surface area contributed by atoms with Crippen LogP contribution in [0.2, 0.25) is 0 Å². The van der Waals surface area contributed by atoms with Gasteiger partial charge in [0.25, 0.3) is 5.91 Å². The van der Waals surface area contributed by atoms with E-state index >= 15 is 0 Å². The minimum absolute atomic E-state index is 0.0114. The molecule has 1 fully saturated rings. The Bertz CT molecular complexity index is 1710. The third-order valence-electron chi connectivity index (χ3n) is 6.85. The van der Waals surface area contributed by atoms with Gasteiger partial charge in [0.15, 0.2) is 9.84 Å². The number of carbonyl (C=O) groups is 1. The van der Waals surface area contributed by atoms with Crippen molar-refractivity contribution in [3.63, 3.8) is 0 Å². The second-order valence-electron chi connectivity index (χ2n) is 9.68. The van der Waals surface area contributed by atoms with Crippen molar-refractivity contribution in [1.82, 2.24) is 15.0 Å². The number of amides is 1. The van der Waals surface area contributed by atoms with E-state index in [4.69, 9.17) is 10.5 Å². The van der Waals surface area contributed by atoms with E-state index in [1.807, 2.05) is 12.1 Å². The average molecular weight is 534 g/mol. The van der Waals surface area contributed by atoms with Gasteiger partial charge < -0.3 is 15.4 Å². The highest BCUT2D eigenvalue weighted by molar-refractivity contribution is 7.90. The Kier molecular flexibility index (Phi) is 5.84. The van der Waals surface area contributed by atoms with Crippen molar-refractivity contribution >= 4 is 38.2 Å². The zero-order valence-corrected chi connectivity index (χ0v) is 21.3. The highest BCUT2D eigenvalue weighted by Gasteiger charge is 2.29. The summed E-state index contributed by atoms with van der Waals surface area (Å²) in [5, 5.41) is 0.899. The Morgan fingerprint density at radius 1 is 1.11 bits per heavy atom. The monoisotopic (exact) mass is 533 g/mol. The predicted molar refractivity (Wildman–Crippen MR) is 139 cm³/mol. The van der Waals surface area contributed by atoms with Gasteiger partial charge in [0, 0.05) is 35.5 Å². The number of aromatic nitrogens is 3. The Morgan fingerprint density at radius 3 is 2.55 bits per heavy atom. The highest BCUT2D eigenvalue weighted by atomic mass is 32.2. The maximum Gasteiger partial charge on any atom is 0.261 e. The van der Waals surface area contributed by atoms with Gasteiger partial charge in [0.1, 0.15) is 17.5 Å². The van der Waals surface area contributed by atoms with Crippen LogP contribution in [0.1, 0.15) is 51.6 Å². The van der Waals surface area contributed by atoms with Gasteiger partial charge >= 0.3 is 0 Å². The molecule has 1 aliphatic carbocycles. The quantitative estimate of drug-likeness (QED) is 0.395. The Labute approximate surface area is 218 Å². The third-order valence-corrected chi connectivity index (χ3v) is 7.98. The van der Waals surface area contributed by atoms with Crippen LogP contribution in [-0.2, 0) is 34.3 Å². The van der Waals surface area contributed by atoms with Crippen molar-refractivity contribution in [3.8, 4) is 0 Å². The van der Waals surface area contributed by atoms with E-state index in [0.717, 1.165) is 47.7 Å². The Hall–Kier alpha value is -3.96. The summed E-state index contributed by atoms with van der Waals surface area (Å²) in [6, 6.07) is 8.89. The molecule has 3 heterocycles. The van der Waals surface area contributed by atoms with Gasteiger partial charge in [0.05, 0.1) is 41.4 Å². The van der Waals surface area contributed by atoms with Crippen LogP contribution in [0.5, 0.6) is 0 Å². The fraction of sp³-hybridized carbons (Fsp3) is 0.259. The van der Waals surface area contributed by atoms with Crippen LogP contribution in [0, 0.1) is 5.82 Å². The van der Waals surface area contributed by atoms with Crippen LogP contribution in [0.4, 0.5) is 15.9 Å². The van der Waals surface area contributed by atoms with Crippen molar-refractivity contribution in [1.29, 1.82) is 0 Å². The summed E-state index contributed by atoms with van der Waals surface area (Å²) in [6.07, 6.45) is 5.91. The second-order valence-corrected chi connectivity index (χ2v) is 11.7. The normalized spacial score (nSPS) is 15.0. The molecule has 4 aromatic rings. The number of nitrogen functional groups attached to an aromatic ring is 1. The number of hydrogen-bond acceptors (Lipinski definition) is 8. The van der Waals surface area contributed by atoms with E-state index in [1.165, 1.54) is 23.4 Å². The van der Waals surface area contributed by atoms with Gasteiger partial charge in [0.2, 0.25) is 0 Å². The molecule has 2 aliphatic rings. The molecule has 9 nitrogen and oxygen atoms in total. The van der Waals surface area contributed by atoms with Crippen molar-refractivity contribution in [2.45, 2.75) is 43.4 Å². The smallest absolute Gasteiger partial charge is 0.261 e. The maximum atomic E-state index is 14.1. The van der Waals surface area contributed by atoms with Crippen LogP contribution in [0.25, 0.3) is 10.9 Å². The fourth-order valence-electron chi connectivity index (χ4n) is 4.73. The first-order valence-electron chi connectivity index (χ1n) is 12.1. The van der Waals surface area contributed by atoms with Crippen LogP contribution in [0.3, 0.4) is 0 Å². The molecule has 0 saturated heterocycles. The van der Waals surface area contributed by atoms with E-state index in [-0.39, 0.29) is 22.7 Å². The largest absolute Gasteiger partial charge is 0.383 e. The molecule has 0 radical (unpaired) electrons. The fourth-order valence-corrected chi connectivity index (χ4v) is 5.62. The lowest BCUT2D eigenvalue weighted by Crippen LogP contribution is -2.32. The molecule has 0 spiro atoms. The van der Waals surface area contributed by atoms with Gasteiger partial charge in [-0.1, -0.05) is 12.1 Å². The molecule has 2 aromatic carbocycles. The highest BCUT2D eigenvalue weighted by Crippen LogP contribution is 2.38. The summed E-state index contributed by atoms with van der Waals surface area (Å²) in [4.78, 5) is 28.0. The van der Waals surface area contributed by atoms with E-state index < -0.39 is 21.6 Å². The zero-order chi connectivity index (χ0) is 26.6. The molecule has 0 bridgehead atoms. The number of sulfone groups is 1. The first kappa shape index (κ1) is 24.4. The number of benzene rings is 2. The summed E-state index contributed by atoms with van der Waals surface area (Å²) in [5.41, 5.74) is 9.57. The zero-order valence-electron chi connectivity index (χ0n) is 20.5. The number of carbonyl (C=O) groups excluding carboxylic acids is 1. The number of anilines is 2. The number of nitrogens with two attached hydrogens (primary N) is 1. The second kappa shape index (κ2) is 9.10. The van der Waals surface area contributed by atoms with Crippen LogP contribution < -0.4 is 10.6 Å². The molecule has 38 heavy (non-hydrogen) atoms. The number of halogens is 1. The first-order valence-corrected chi connectivity index (χ1v) is 14.0. The topological polar surface area (TPSA) is 128 Å². The van der Waals surface area contributed by atoms with Crippen molar-refractivity contribution in [2.75, 3.05) is 16.9 Å². The molecule has 6 rings (SSSR count). The summed E-state index contributed by atoms with van der Waals surface area (Å²) in [7, 11) is -3.87. The molecular formula is C27H24FN5O4S. The summed E-state index contributed by atoms with van der Waals surface area (Å²) in [5.74, 6) is 0.148. The maximum absolute atomic E-state index is 14.1. The molecule has 194 valence electrons. The summed E-state index contributed by atoms with van der Waals surface area (Å²) < 4.78 is 44.9. The van der Waals surface area contributed by atoms with E-state index in [1.54, 1.807) is 6.07 Å². The number of pyridine rings is 1. The molecule has 0 unspecified atom stereocenters. The minimum atomic E-state index is -3.87. The molecular weight excluding hydrogens is 509 g/mol. The lowest BCUT2D eigenvalue weighted by Gasteiger charge is -2.25. The Balaban J connectivity index is 1.44. The number of nitrogens with zero attached hydrogens (tertiary/aromatic N) is 4. The standard InChI is InChI=1S/C27H24FN5O4S/c1-38(35,36)24-9-18(28)5-7-23(24)33(27(34)17-10-30-26(31-11-17)16-3-4-16)12-15-2-6-19-20-13-37-14-21(20)25(29)32-22(19)8-15/h2,5-11,16H,3-4,12-14H2,1H3,(H2,29,32). The molecule has 2 aromatic heterocycles. The van der Waals surface area contributed by atoms with Crippen LogP contribution in [0.15, 0.2) is 53.7 Å². The summed E-state index contributed by atoms with van der Waals surface area (Å²) >= 11 is 0.